The van der Waals surface area contributed by atoms with Gasteiger partial charge in [-0.3, -0.25) is 0 Å². The number of anilines is 1. The second-order valence-corrected chi connectivity index (χ2v) is 8.70. The van der Waals surface area contributed by atoms with E-state index in [1.807, 2.05) is 11.3 Å². The summed E-state index contributed by atoms with van der Waals surface area (Å²) < 4.78 is 0. The van der Waals surface area contributed by atoms with Crippen molar-refractivity contribution in [3.05, 3.63) is 10.6 Å². The molecule has 3 nitrogen and oxygen atoms in total. The standard InChI is InChI=1S/C16H29N3S/c1-7-17-10-12-13(15(2,3)4)18-14(20-12)19-9-8-16(5,6)11-19/h17H,7-11H2,1-6H3. The van der Waals surface area contributed by atoms with Crippen molar-refractivity contribution in [3.8, 4) is 0 Å². The molecule has 1 aromatic rings. The molecule has 0 saturated carbocycles. The van der Waals surface area contributed by atoms with Gasteiger partial charge >= 0.3 is 0 Å². The van der Waals surface area contributed by atoms with Crippen LogP contribution in [0.25, 0.3) is 0 Å². The van der Waals surface area contributed by atoms with Gasteiger partial charge in [-0.1, -0.05) is 41.5 Å². The van der Waals surface area contributed by atoms with Crippen LogP contribution in [-0.4, -0.2) is 24.6 Å². The summed E-state index contributed by atoms with van der Waals surface area (Å²) >= 11 is 1.88. The number of hydrogen-bond donors (Lipinski definition) is 1. The molecule has 0 radical (unpaired) electrons. The lowest BCUT2D eigenvalue weighted by molar-refractivity contribution is 0.418. The molecule has 0 aromatic carbocycles. The van der Waals surface area contributed by atoms with Gasteiger partial charge in [-0.15, -0.1) is 11.3 Å². The minimum Gasteiger partial charge on any atom is -0.348 e. The van der Waals surface area contributed by atoms with E-state index in [0.29, 0.717) is 5.41 Å². The first-order chi connectivity index (χ1) is 9.23. The molecule has 1 N–H and O–H groups in total. The fourth-order valence-electron chi connectivity index (χ4n) is 2.69. The third-order valence-electron chi connectivity index (χ3n) is 3.88. The van der Waals surface area contributed by atoms with E-state index in [4.69, 9.17) is 4.98 Å². The van der Waals surface area contributed by atoms with E-state index in [9.17, 15) is 0 Å². The topological polar surface area (TPSA) is 28.2 Å². The Bertz CT molecular complexity index is 457. The Balaban J connectivity index is 2.25. The van der Waals surface area contributed by atoms with Crippen LogP contribution >= 0.6 is 11.3 Å². The van der Waals surface area contributed by atoms with Gasteiger partial charge in [0.25, 0.3) is 0 Å². The van der Waals surface area contributed by atoms with Crippen LogP contribution in [0.2, 0.25) is 0 Å². The van der Waals surface area contributed by atoms with Gasteiger partial charge in [0, 0.05) is 29.9 Å². The van der Waals surface area contributed by atoms with Crippen molar-refractivity contribution < 1.29 is 0 Å². The number of aromatic nitrogens is 1. The summed E-state index contributed by atoms with van der Waals surface area (Å²) in [7, 11) is 0. The smallest absolute Gasteiger partial charge is 0.185 e. The number of nitrogens with one attached hydrogen (secondary N) is 1. The molecule has 0 aliphatic carbocycles. The Morgan fingerprint density at radius 2 is 2.05 bits per heavy atom. The highest BCUT2D eigenvalue weighted by molar-refractivity contribution is 7.15. The lowest BCUT2D eigenvalue weighted by Gasteiger charge is -2.19. The molecule has 1 aromatic heterocycles. The molecule has 1 saturated heterocycles. The van der Waals surface area contributed by atoms with Crippen molar-refractivity contribution in [3.63, 3.8) is 0 Å². The first-order valence-electron chi connectivity index (χ1n) is 7.69. The minimum atomic E-state index is 0.120. The van der Waals surface area contributed by atoms with Gasteiger partial charge in [0.2, 0.25) is 0 Å². The first kappa shape index (κ1) is 15.8. The predicted octanol–water partition coefficient (Wildman–Crippen LogP) is 3.79. The van der Waals surface area contributed by atoms with Gasteiger partial charge in [0.05, 0.1) is 5.69 Å². The summed E-state index contributed by atoms with van der Waals surface area (Å²) in [5, 5.41) is 4.67. The second kappa shape index (κ2) is 5.64. The summed E-state index contributed by atoms with van der Waals surface area (Å²) in [6.07, 6.45) is 1.26. The van der Waals surface area contributed by atoms with Crippen molar-refractivity contribution in [2.24, 2.45) is 5.41 Å². The number of rotatable bonds is 4. The SMILES string of the molecule is CCNCc1sc(N2CCC(C)(C)C2)nc1C(C)(C)C. The fourth-order valence-corrected chi connectivity index (χ4v) is 3.96. The summed E-state index contributed by atoms with van der Waals surface area (Å²) in [5.41, 5.74) is 1.81. The molecule has 4 heteroatoms. The summed E-state index contributed by atoms with van der Waals surface area (Å²) in [6.45, 7) is 17.9. The molecule has 2 heterocycles. The van der Waals surface area contributed by atoms with Gasteiger partial charge in [-0.2, -0.15) is 0 Å². The first-order valence-corrected chi connectivity index (χ1v) is 8.50. The van der Waals surface area contributed by atoms with Gasteiger partial charge in [0.1, 0.15) is 0 Å². The van der Waals surface area contributed by atoms with Crippen molar-refractivity contribution in [2.45, 2.75) is 59.9 Å². The lowest BCUT2D eigenvalue weighted by Crippen LogP contribution is -2.23. The van der Waals surface area contributed by atoms with Crippen LogP contribution in [0.3, 0.4) is 0 Å². The molecule has 0 spiro atoms. The molecule has 0 amide bonds. The summed E-state index contributed by atoms with van der Waals surface area (Å²) in [4.78, 5) is 8.86. The Hall–Kier alpha value is -0.610. The highest BCUT2D eigenvalue weighted by Crippen LogP contribution is 2.38. The van der Waals surface area contributed by atoms with E-state index >= 15 is 0 Å². The van der Waals surface area contributed by atoms with Crippen LogP contribution in [0.5, 0.6) is 0 Å². The normalized spacial score (nSPS) is 18.8. The molecule has 0 atom stereocenters. The summed E-state index contributed by atoms with van der Waals surface area (Å²) in [6, 6.07) is 0. The van der Waals surface area contributed by atoms with E-state index in [2.05, 4.69) is 51.8 Å². The quantitative estimate of drug-likeness (QED) is 0.916. The third kappa shape index (κ3) is 3.53. The van der Waals surface area contributed by atoms with Crippen LogP contribution in [0.4, 0.5) is 5.13 Å². The number of thiazole rings is 1. The number of nitrogens with zero attached hydrogens (tertiary/aromatic N) is 2. The minimum absolute atomic E-state index is 0.120. The monoisotopic (exact) mass is 295 g/mol. The van der Waals surface area contributed by atoms with E-state index in [-0.39, 0.29) is 5.41 Å². The van der Waals surface area contributed by atoms with Crippen LogP contribution in [0.15, 0.2) is 0 Å². The molecule has 1 aliphatic rings. The van der Waals surface area contributed by atoms with E-state index in [0.717, 1.165) is 26.2 Å². The largest absolute Gasteiger partial charge is 0.348 e. The molecule has 20 heavy (non-hydrogen) atoms. The zero-order valence-electron chi connectivity index (χ0n) is 13.8. The average molecular weight is 295 g/mol. The molecule has 2 rings (SSSR count). The zero-order chi connectivity index (χ0) is 15.0. The van der Waals surface area contributed by atoms with E-state index in [1.54, 1.807) is 0 Å². The Morgan fingerprint density at radius 1 is 1.35 bits per heavy atom. The van der Waals surface area contributed by atoms with Crippen molar-refractivity contribution in [1.82, 2.24) is 10.3 Å². The van der Waals surface area contributed by atoms with Crippen LogP contribution < -0.4 is 10.2 Å². The maximum absolute atomic E-state index is 4.99. The molecular formula is C16H29N3S. The van der Waals surface area contributed by atoms with E-state index in [1.165, 1.54) is 22.1 Å². The Kier molecular flexibility index (Phi) is 4.45. The van der Waals surface area contributed by atoms with Crippen molar-refractivity contribution >= 4 is 16.5 Å². The van der Waals surface area contributed by atoms with Crippen LogP contribution in [-0.2, 0) is 12.0 Å². The highest BCUT2D eigenvalue weighted by atomic mass is 32.1. The van der Waals surface area contributed by atoms with Gasteiger partial charge in [0.15, 0.2) is 5.13 Å². The molecule has 0 bridgehead atoms. The van der Waals surface area contributed by atoms with Gasteiger partial charge in [-0.05, 0) is 18.4 Å². The van der Waals surface area contributed by atoms with Crippen LogP contribution in [0.1, 0.15) is 58.5 Å². The average Bonchev–Trinajstić information content (AvgIpc) is 2.89. The van der Waals surface area contributed by atoms with Gasteiger partial charge < -0.3 is 10.2 Å². The Labute approximate surface area is 127 Å². The number of hydrogen-bond acceptors (Lipinski definition) is 4. The Morgan fingerprint density at radius 3 is 2.55 bits per heavy atom. The van der Waals surface area contributed by atoms with E-state index < -0.39 is 0 Å². The molecular weight excluding hydrogens is 266 g/mol. The lowest BCUT2D eigenvalue weighted by atomic mass is 9.91. The second-order valence-electron chi connectivity index (χ2n) is 7.63. The maximum Gasteiger partial charge on any atom is 0.185 e. The van der Waals surface area contributed by atoms with Crippen molar-refractivity contribution in [2.75, 3.05) is 24.5 Å². The molecule has 1 fully saturated rings. The third-order valence-corrected chi connectivity index (χ3v) is 5.00. The van der Waals surface area contributed by atoms with Crippen LogP contribution in [0, 0.1) is 5.41 Å². The summed E-state index contributed by atoms with van der Waals surface area (Å²) in [5.74, 6) is 0. The molecule has 114 valence electrons. The zero-order valence-corrected chi connectivity index (χ0v) is 14.7. The van der Waals surface area contributed by atoms with Crippen molar-refractivity contribution in [1.29, 1.82) is 0 Å². The van der Waals surface area contributed by atoms with Gasteiger partial charge in [-0.25, -0.2) is 4.98 Å². The fraction of sp³-hybridized carbons (Fsp3) is 0.812. The predicted molar refractivity (Wildman–Crippen MR) is 88.8 cm³/mol. The highest BCUT2D eigenvalue weighted by Gasteiger charge is 2.32. The molecule has 1 aliphatic heterocycles. The maximum atomic E-state index is 4.99. The molecule has 0 unspecified atom stereocenters.